The van der Waals surface area contributed by atoms with Gasteiger partial charge in [0.1, 0.15) is 11.5 Å². The molecule has 2 aliphatic carbocycles. The summed E-state index contributed by atoms with van der Waals surface area (Å²) in [6.07, 6.45) is 1.98. The highest BCUT2D eigenvalue weighted by Gasteiger charge is 2.56. The number of fused-ring (bicyclic) bond motifs is 4. The van der Waals surface area contributed by atoms with Crippen LogP contribution >= 0.6 is 0 Å². The number of benzene rings is 3. The van der Waals surface area contributed by atoms with Crippen molar-refractivity contribution in [2.24, 2.45) is 0 Å². The number of ketones is 1. The first-order chi connectivity index (χ1) is 16.5. The molecule has 1 unspecified atom stereocenters. The van der Waals surface area contributed by atoms with Gasteiger partial charge in [-0.1, -0.05) is 52.0 Å². The van der Waals surface area contributed by atoms with Crippen LogP contribution in [0.5, 0.6) is 11.5 Å². The van der Waals surface area contributed by atoms with E-state index in [1.807, 2.05) is 6.07 Å². The minimum absolute atomic E-state index is 0.0127. The van der Waals surface area contributed by atoms with E-state index in [2.05, 4.69) is 58.0 Å². The van der Waals surface area contributed by atoms with E-state index in [9.17, 15) is 9.59 Å². The number of methoxy groups -OCH3 is 1. The second-order valence-electron chi connectivity index (χ2n) is 11.3. The molecule has 0 saturated carbocycles. The molecule has 1 spiro atoms. The van der Waals surface area contributed by atoms with E-state index in [1.54, 1.807) is 31.4 Å². The highest BCUT2D eigenvalue weighted by atomic mass is 16.5. The van der Waals surface area contributed by atoms with Crippen LogP contribution in [-0.2, 0) is 16.2 Å². The predicted molar refractivity (Wildman–Crippen MR) is 137 cm³/mol. The van der Waals surface area contributed by atoms with Gasteiger partial charge in [0.05, 0.1) is 12.7 Å². The van der Waals surface area contributed by atoms with Gasteiger partial charge in [-0.05, 0) is 89.2 Å². The Hall–Kier alpha value is -3.40. The van der Waals surface area contributed by atoms with Crippen LogP contribution in [0.3, 0.4) is 0 Å². The Morgan fingerprint density at radius 1 is 0.686 bits per heavy atom. The van der Waals surface area contributed by atoms with Crippen LogP contribution in [-0.4, -0.2) is 18.9 Å². The van der Waals surface area contributed by atoms with Gasteiger partial charge < -0.3 is 9.47 Å². The molecule has 35 heavy (non-hydrogen) atoms. The summed E-state index contributed by atoms with van der Waals surface area (Å²) < 4.78 is 11.4. The highest BCUT2D eigenvalue weighted by molar-refractivity contribution is 5.96. The number of carbonyl (C=O) groups is 2. The monoisotopic (exact) mass is 468 g/mol. The lowest BCUT2D eigenvalue weighted by Crippen LogP contribution is -2.27. The molecule has 3 aromatic carbocycles. The molecule has 0 amide bonds. The van der Waals surface area contributed by atoms with E-state index in [0.717, 1.165) is 18.6 Å². The molecule has 1 atom stereocenters. The molecule has 0 N–H and O–H groups in total. The summed E-state index contributed by atoms with van der Waals surface area (Å²) >= 11 is 0. The van der Waals surface area contributed by atoms with Gasteiger partial charge in [-0.15, -0.1) is 0 Å². The number of hydrogen-bond donors (Lipinski definition) is 0. The van der Waals surface area contributed by atoms with Gasteiger partial charge in [0, 0.05) is 11.0 Å². The minimum atomic E-state index is -0.430. The van der Waals surface area contributed by atoms with E-state index in [-0.39, 0.29) is 22.0 Å². The fourth-order valence-corrected chi connectivity index (χ4v) is 6.50. The van der Waals surface area contributed by atoms with Crippen LogP contribution in [0.25, 0.3) is 0 Å². The lowest BCUT2D eigenvalue weighted by atomic mass is 9.72. The van der Waals surface area contributed by atoms with Crippen molar-refractivity contribution in [1.29, 1.82) is 0 Å². The summed E-state index contributed by atoms with van der Waals surface area (Å²) in [4.78, 5) is 24.4. The lowest BCUT2D eigenvalue weighted by Gasteiger charge is -2.30. The fraction of sp³-hybridized carbons (Fsp3) is 0.355. The molecule has 0 heterocycles. The molecule has 180 valence electrons. The third-order valence-corrected chi connectivity index (χ3v) is 7.93. The number of ether oxygens (including phenoxy) is 2. The van der Waals surface area contributed by atoms with Crippen molar-refractivity contribution < 1.29 is 19.1 Å². The Morgan fingerprint density at radius 2 is 1.17 bits per heavy atom. The Bertz CT molecular complexity index is 1340. The van der Waals surface area contributed by atoms with Gasteiger partial charge in [0.2, 0.25) is 0 Å². The topological polar surface area (TPSA) is 52.6 Å². The third-order valence-electron chi connectivity index (χ3n) is 7.93. The van der Waals surface area contributed by atoms with E-state index in [0.29, 0.717) is 16.9 Å². The van der Waals surface area contributed by atoms with Crippen molar-refractivity contribution in [1.82, 2.24) is 0 Å². The Kier molecular flexibility index (Phi) is 5.21. The molecule has 4 nitrogen and oxygen atoms in total. The van der Waals surface area contributed by atoms with E-state index >= 15 is 0 Å². The maximum Gasteiger partial charge on any atom is 0.343 e. The lowest BCUT2D eigenvalue weighted by molar-refractivity contribution is 0.0734. The van der Waals surface area contributed by atoms with Crippen LogP contribution < -0.4 is 9.47 Å². The standard InChI is InChI=1S/C31H32O4/c1-19(32)20-7-9-21(10-8-20)28(33)35-23-12-14-25-27(16-23)31(18-30(25,4)5)17-29(2,3)24-13-11-22(34-6)15-26(24)31/h7-16H,17-18H2,1-6H3. The zero-order chi connectivity index (χ0) is 25.2. The number of carbonyl (C=O) groups excluding carboxylic acids is 2. The zero-order valence-electron chi connectivity index (χ0n) is 21.3. The predicted octanol–water partition coefficient (Wildman–Crippen LogP) is 6.77. The molecule has 5 rings (SSSR count). The first kappa shape index (κ1) is 23.3. The van der Waals surface area contributed by atoms with Crippen molar-refractivity contribution in [3.8, 4) is 11.5 Å². The fourth-order valence-electron chi connectivity index (χ4n) is 6.50. The maximum absolute atomic E-state index is 12.9. The van der Waals surface area contributed by atoms with E-state index in [4.69, 9.17) is 9.47 Å². The summed E-state index contributed by atoms with van der Waals surface area (Å²) in [5.74, 6) is 0.937. The number of hydrogen-bond acceptors (Lipinski definition) is 4. The van der Waals surface area contributed by atoms with Crippen molar-refractivity contribution in [3.05, 3.63) is 94.0 Å². The zero-order valence-corrected chi connectivity index (χ0v) is 21.3. The summed E-state index contributed by atoms with van der Waals surface area (Å²) in [5.41, 5.74) is 6.04. The summed E-state index contributed by atoms with van der Waals surface area (Å²) in [6, 6.07) is 19.1. The molecule has 4 heteroatoms. The molecule has 3 aromatic rings. The Labute approximate surface area is 207 Å². The van der Waals surface area contributed by atoms with Gasteiger partial charge in [-0.2, -0.15) is 0 Å². The number of Topliss-reactive ketones (excluding diaryl/α,β-unsaturated/α-hetero) is 1. The molecule has 0 saturated heterocycles. The second-order valence-corrected chi connectivity index (χ2v) is 11.3. The molecule has 0 bridgehead atoms. The third kappa shape index (κ3) is 3.67. The SMILES string of the molecule is COc1ccc2c(c1)C1(CC2(C)C)CC(C)(C)c2ccc(OC(=O)c3ccc(C(C)=O)cc3)cc21. The first-order valence-corrected chi connectivity index (χ1v) is 12.1. The van der Waals surface area contributed by atoms with Crippen molar-refractivity contribution in [2.75, 3.05) is 7.11 Å². The van der Waals surface area contributed by atoms with E-state index in [1.165, 1.54) is 29.2 Å². The summed E-state index contributed by atoms with van der Waals surface area (Å²) in [6.45, 7) is 10.7. The first-order valence-electron chi connectivity index (χ1n) is 12.1. The Balaban J connectivity index is 1.56. The van der Waals surface area contributed by atoms with Crippen LogP contribution in [0, 0.1) is 0 Å². The molecule has 0 aliphatic heterocycles. The number of esters is 1. The largest absolute Gasteiger partial charge is 0.497 e. The van der Waals surface area contributed by atoms with Crippen molar-refractivity contribution in [3.63, 3.8) is 0 Å². The van der Waals surface area contributed by atoms with Crippen LogP contribution in [0.1, 0.15) is 90.4 Å². The van der Waals surface area contributed by atoms with E-state index < -0.39 is 5.97 Å². The average molecular weight is 469 g/mol. The van der Waals surface area contributed by atoms with Crippen LogP contribution in [0.15, 0.2) is 60.7 Å². The van der Waals surface area contributed by atoms with Crippen molar-refractivity contribution >= 4 is 11.8 Å². The van der Waals surface area contributed by atoms with Gasteiger partial charge in [-0.3, -0.25) is 4.79 Å². The molecule has 0 radical (unpaired) electrons. The maximum atomic E-state index is 12.9. The molecular weight excluding hydrogens is 436 g/mol. The van der Waals surface area contributed by atoms with Gasteiger partial charge in [0.25, 0.3) is 0 Å². The molecule has 0 fully saturated rings. The smallest absolute Gasteiger partial charge is 0.343 e. The summed E-state index contributed by atoms with van der Waals surface area (Å²) in [7, 11) is 1.71. The van der Waals surface area contributed by atoms with Crippen LogP contribution in [0.4, 0.5) is 0 Å². The highest BCUT2D eigenvalue weighted by Crippen LogP contribution is 2.63. The van der Waals surface area contributed by atoms with Gasteiger partial charge in [0.15, 0.2) is 5.78 Å². The normalized spacial score (nSPS) is 20.9. The molecular formula is C31H32O4. The molecule has 2 aliphatic rings. The van der Waals surface area contributed by atoms with Gasteiger partial charge in [-0.25, -0.2) is 4.79 Å². The quantitative estimate of drug-likeness (QED) is 0.241. The Morgan fingerprint density at radius 3 is 1.69 bits per heavy atom. The minimum Gasteiger partial charge on any atom is -0.497 e. The second kappa shape index (κ2) is 7.81. The number of rotatable bonds is 4. The van der Waals surface area contributed by atoms with Gasteiger partial charge >= 0.3 is 5.97 Å². The van der Waals surface area contributed by atoms with Crippen molar-refractivity contribution in [2.45, 2.75) is 63.7 Å². The molecule has 0 aromatic heterocycles. The average Bonchev–Trinajstić information content (AvgIpc) is 3.18. The van der Waals surface area contributed by atoms with Crippen LogP contribution in [0.2, 0.25) is 0 Å². The summed E-state index contributed by atoms with van der Waals surface area (Å²) in [5, 5.41) is 0.